The van der Waals surface area contributed by atoms with Crippen LogP contribution in [0, 0.1) is 0 Å². The maximum absolute atomic E-state index is 12.6. The number of amides is 1. The molecular formula is C18H17F2NO3S. The van der Waals surface area contributed by atoms with Crippen LogP contribution >= 0.6 is 11.8 Å². The molecule has 0 radical (unpaired) electrons. The fourth-order valence-electron chi connectivity index (χ4n) is 2.49. The van der Waals surface area contributed by atoms with Gasteiger partial charge in [-0.2, -0.15) is 8.78 Å². The van der Waals surface area contributed by atoms with E-state index in [-0.39, 0.29) is 5.91 Å². The molecule has 1 atom stereocenters. The molecule has 1 aliphatic rings. The summed E-state index contributed by atoms with van der Waals surface area (Å²) in [6.07, 6.45) is 0. The average Bonchev–Trinajstić information content (AvgIpc) is 2.62. The highest BCUT2D eigenvalue weighted by atomic mass is 32.2. The molecule has 0 aromatic heterocycles. The molecule has 1 heterocycles. The topological polar surface area (TPSA) is 47.6 Å². The van der Waals surface area contributed by atoms with E-state index in [9.17, 15) is 13.6 Å². The van der Waals surface area contributed by atoms with Crippen molar-refractivity contribution >= 4 is 23.4 Å². The lowest BCUT2D eigenvalue weighted by Crippen LogP contribution is -2.20. The Morgan fingerprint density at radius 1 is 1.12 bits per heavy atom. The van der Waals surface area contributed by atoms with Crippen molar-refractivity contribution in [2.24, 2.45) is 0 Å². The van der Waals surface area contributed by atoms with E-state index >= 15 is 0 Å². The second-order valence-corrected chi connectivity index (χ2v) is 6.52. The number of hydrogen-bond acceptors (Lipinski definition) is 4. The zero-order chi connectivity index (χ0) is 17.8. The Bertz CT molecular complexity index is 770. The molecule has 25 heavy (non-hydrogen) atoms. The molecule has 1 N–H and O–H groups in total. The maximum Gasteiger partial charge on any atom is 0.288 e. The molecule has 0 fully saturated rings. The van der Waals surface area contributed by atoms with Gasteiger partial charge in [-0.3, -0.25) is 4.79 Å². The van der Waals surface area contributed by atoms with E-state index in [1.54, 1.807) is 49.4 Å². The zero-order valence-electron chi connectivity index (χ0n) is 13.5. The standard InChI is InChI=1S/C18H17F2NO3S/c1-11(12-6-7-14-15(10-12)24-9-8-23-14)17(22)21-13-4-2-3-5-16(13)25-18(19)20/h2-7,10-11,18H,8-9H2,1H3,(H,21,22). The summed E-state index contributed by atoms with van der Waals surface area (Å²) in [4.78, 5) is 12.9. The Morgan fingerprint density at radius 3 is 2.60 bits per heavy atom. The summed E-state index contributed by atoms with van der Waals surface area (Å²) < 4.78 is 36.3. The molecule has 0 aliphatic carbocycles. The maximum atomic E-state index is 12.6. The fraction of sp³-hybridized carbons (Fsp3) is 0.278. The summed E-state index contributed by atoms with van der Waals surface area (Å²) in [7, 11) is 0. The highest BCUT2D eigenvalue weighted by Gasteiger charge is 2.20. The highest BCUT2D eigenvalue weighted by Crippen LogP contribution is 2.35. The number of thioether (sulfide) groups is 1. The molecule has 0 spiro atoms. The number of hydrogen-bond donors (Lipinski definition) is 1. The van der Waals surface area contributed by atoms with Gasteiger partial charge in [-0.1, -0.05) is 30.0 Å². The molecule has 0 saturated heterocycles. The minimum Gasteiger partial charge on any atom is -0.486 e. The van der Waals surface area contributed by atoms with Crippen molar-refractivity contribution in [1.82, 2.24) is 0 Å². The van der Waals surface area contributed by atoms with E-state index in [0.717, 1.165) is 5.56 Å². The number of alkyl halides is 2. The third-order valence-corrected chi connectivity index (χ3v) is 4.61. The molecule has 0 bridgehead atoms. The Balaban J connectivity index is 1.75. The van der Waals surface area contributed by atoms with E-state index < -0.39 is 11.7 Å². The van der Waals surface area contributed by atoms with Gasteiger partial charge in [0.05, 0.1) is 11.6 Å². The number of anilines is 1. The summed E-state index contributed by atoms with van der Waals surface area (Å²) in [6.45, 7) is 2.72. The van der Waals surface area contributed by atoms with Crippen molar-refractivity contribution in [2.45, 2.75) is 23.5 Å². The molecule has 132 valence electrons. The van der Waals surface area contributed by atoms with Crippen molar-refractivity contribution in [3.63, 3.8) is 0 Å². The smallest absolute Gasteiger partial charge is 0.288 e. The molecule has 4 nitrogen and oxygen atoms in total. The van der Waals surface area contributed by atoms with Gasteiger partial charge in [0.1, 0.15) is 13.2 Å². The summed E-state index contributed by atoms with van der Waals surface area (Å²) in [5, 5.41) is 2.73. The number of ether oxygens (including phenoxy) is 2. The number of carbonyl (C=O) groups is 1. The van der Waals surface area contributed by atoms with Gasteiger partial charge in [0.25, 0.3) is 5.76 Å². The van der Waals surface area contributed by atoms with Gasteiger partial charge in [0.15, 0.2) is 11.5 Å². The largest absolute Gasteiger partial charge is 0.486 e. The van der Waals surface area contributed by atoms with Crippen LogP contribution in [-0.4, -0.2) is 24.9 Å². The van der Waals surface area contributed by atoms with Gasteiger partial charge in [-0.15, -0.1) is 0 Å². The van der Waals surface area contributed by atoms with Crippen LogP contribution in [-0.2, 0) is 4.79 Å². The summed E-state index contributed by atoms with van der Waals surface area (Å²) in [6, 6.07) is 11.9. The van der Waals surface area contributed by atoms with E-state index in [0.29, 0.717) is 47.1 Å². The molecule has 2 aromatic rings. The Labute approximate surface area is 148 Å². The molecule has 3 rings (SSSR count). The zero-order valence-corrected chi connectivity index (χ0v) is 14.3. The Morgan fingerprint density at radius 2 is 1.84 bits per heavy atom. The summed E-state index contributed by atoms with van der Waals surface area (Å²) in [5.74, 6) is -2.04. The monoisotopic (exact) mass is 365 g/mol. The molecule has 0 saturated carbocycles. The highest BCUT2D eigenvalue weighted by molar-refractivity contribution is 7.99. The lowest BCUT2D eigenvalue weighted by atomic mass is 9.99. The predicted octanol–water partition coefficient (Wildman–Crippen LogP) is 4.51. The third kappa shape index (κ3) is 4.22. The first-order valence-corrected chi connectivity index (χ1v) is 8.67. The van der Waals surface area contributed by atoms with E-state index in [1.165, 1.54) is 0 Å². The van der Waals surface area contributed by atoms with Crippen LogP contribution in [0.15, 0.2) is 47.4 Å². The number of nitrogens with one attached hydrogen (secondary N) is 1. The van der Waals surface area contributed by atoms with Gasteiger partial charge in [0.2, 0.25) is 5.91 Å². The lowest BCUT2D eigenvalue weighted by molar-refractivity contribution is -0.117. The fourth-order valence-corrected chi connectivity index (χ4v) is 3.09. The van der Waals surface area contributed by atoms with Crippen molar-refractivity contribution in [3.05, 3.63) is 48.0 Å². The van der Waals surface area contributed by atoms with Crippen molar-refractivity contribution < 1.29 is 23.0 Å². The average molecular weight is 365 g/mol. The second-order valence-electron chi connectivity index (χ2n) is 5.49. The van der Waals surface area contributed by atoms with Crippen molar-refractivity contribution in [1.29, 1.82) is 0 Å². The van der Waals surface area contributed by atoms with Crippen LogP contribution in [0.1, 0.15) is 18.4 Å². The summed E-state index contributed by atoms with van der Waals surface area (Å²) >= 11 is 0.409. The van der Waals surface area contributed by atoms with Crippen molar-refractivity contribution in [2.75, 3.05) is 18.5 Å². The quantitative estimate of drug-likeness (QED) is 0.792. The molecular weight excluding hydrogens is 348 g/mol. The Hall–Kier alpha value is -2.28. The number of benzene rings is 2. The van der Waals surface area contributed by atoms with Crippen molar-refractivity contribution in [3.8, 4) is 11.5 Å². The number of carbonyl (C=O) groups excluding carboxylic acids is 1. The first-order chi connectivity index (χ1) is 12.0. The third-order valence-electron chi connectivity index (χ3n) is 3.82. The van der Waals surface area contributed by atoms with Gasteiger partial charge in [0, 0.05) is 4.90 Å². The van der Waals surface area contributed by atoms with Crippen LogP contribution < -0.4 is 14.8 Å². The van der Waals surface area contributed by atoms with Crippen LogP contribution in [0.4, 0.5) is 14.5 Å². The first kappa shape index (κ1) is 17.5. The van der Waals surface area contributed by atoms with Crippen LogP contribution in [0.2, 0.25) is 0 Å². The minimum absolute atomic E-state index is 0.279. The number of halogens is 2. The molecule has 1 unspecified atom stereocenters. The predicted molar refractivity (Wildman–Crippen MR) is 92.8 cm³/mol. The number of para-hydroxylation sites is 1. The van der Waals surface area contributed by atoms with Crippen LogP contribution in [0.5, 0.6) is 11.5 Å². The molecule has 1 aliphatic heterocycles. The minimum atomic E-state index is -2.55. The SMILES string of the molecule is CC(C(=O)Nc1ccccc1SC(F)F)c1ccc2c(c1)OCCO2. The van der Waals surface area contributed by atoms with Gasteiger partial charge in [-0.25, -0.2) is 0 Å². The molecule has 2 aromatic carbocycles. The first-order valence-electron chi connectivity index (χ1n) is 7.79. The number of fused-ring (bicyclic) bond motifs is 1. The molecule has 7 heteroatoms. The van der Waals surface area contributed by atoms with E-state index in [2.05, 4.69) is 5.32 Å². The van der Waals surface area contributed by atoms with Gasteiger partial charge >= 0.3 is 0 Å². The summed E-state index contributed by atoms with van der Waals surface area (Å²) in [5.41, 5.74) is 1.14. The molecule has 1 amide bonds. The van der Waals surface area contributed by atoms with E-state index in [4.69, 9.17) is 9.47 Å². The Kier molecular flexibility index (Phi) is 5.43. The number of rotatable bonds is 5. The van der Waals surface area contributed by atoms with Gasteiger partial charge in [-0.05, 0) is 36.8 Å². The normalized spacial score (nSPS) is 14.2. The lowest BCUT2D eigenvalue weighted by Gasteiger charge is -2.20. The van der Waals surface area contributed by atoms with Crippen LogP contribution in [0.25, 0.3) is 0 Å². The van der Waals surface area contributed by atoms with E-state index in [1.807, 2.05) is 0 Å². The second kappa shape index (κ2) is 7.74. The van der Waals surface area contributed by atoms with Gasteiger partial charge < -0.3 is 14.8 Å². The van der Waals surface area contributed by atoms with Crippen LogP contribution in [0.3, 0.4) is 0 Å².